The molecule has 5 aromatic carbocycles. The van der Waals surface area contributed by atoms with Gasteiger partial charge in [0.1, 0.15) is 22.7 Å². The van der Waals surface area contributed by atoms with Crippen LogP contribution in [0, 0.1) is 0 Å². The number of anilines is 1. The van der Waals surface area contributed by atoms with Gasteiger partial charge in [-0.3, -0.25) is 19.3 Å². The molecule has 3 fully saturated rings. The highest BCUT2D eigenvalue weighted by Crippen LogP contribution is 2.44. The third kappa shape index (κ3) is 10.4. The zero-order valence-electron chi connectivity index (χ0n) is 41.4. The minimum Gasteiger partial charge on any atom is -0.448 e. The van der Waals surface area contributed by atoms with E-state index in [0.29, 0.717) is 71.4 Å². The molecule has 4 aliphatic heterocycles. The number of allylic oxidation sites excluding steroid dienone is 1. The van der Waals surface area contributed by atoms with Gasteiger partial charge in [-0.1, -0.05) is 157 Å². The summed E-state index contributed by atoms with van der Waals surface area (Å²) >= 11 is 2.19. The van der Waals surface area contributed by atoms with Gasteiger partial charge in [0, 0.05) is 59.2 Å². The summed E-state index contributed by atoms with van der Waals surface area (Å²) < 4.78 is 16.4. The Morgan fingerprint density at radius 2 is 1.36 bits per heavy atom. The third-order valence-electron chi connectivity index (χ3n) is 13.4. The number of β-lactam (4-membered cyclic amide) rings is 1. The lowest BCUT2D eigenvalue weighted by Crippen LogP contribution is -2.71. The van der Waals surface area contributed by atoms with Gasteiger partial charge < -0.3 is 35.2 Å². The highest BCUT2D eigenvalue weighted by atomic mass is 32.2. The summed E-state index contributed by atoms with van der Waals surface area (Å²) in [5.41, 5.74) is 8.11. The number of aromatic nitrogens is 2. The number of ether oxygens (including phenoxy) is 2. The van der Waals surface area contributed by atoms with Gasteiger partial charge in [-0.05, 0) is 56.4 Å². The fourth-order valence-electron chi connectivity index (χ4n) is 9.82. The standard InChI is InChI=1S/C57H54N8O8S2/c1-56(2,3)72-55(70)63-31-30-43(34-63)64-32-29-38(50(64)67)33-39-35-74-52-45(51(68)65(52)46(39)53(69)71-47(36-19-9-4-10-20-36)37-21-11-5-12-22-37)59-49(66)44(48-60-54(58)75-62-48)61-73-57(40-23-13-6-14-24-40,41-25-15-7-16-26-41)42-27-17-8-18-28-42/h4-28,33,43,45,47,52H,29-32,34-35H2,1-3H3,(H,59,66)(H2,58,60,62)/b38-33+,61-44-/t43?,45-,52-/m1/s1. The molecule has 6 aromatic rings. The van der Waals surface area contributed by atoms with Gasteiger partial charge in [-0.25, -0.2) is 9.59 Å². The van der Waals surface area contributed by atoms with Gasteiger partial charge in [-0.15, -0.1) is 11.8 Å². The van der Waals surface area contributed by atoms with Crippen molar-refractivity contribution >= 4 is 63.9 Å². The van der Waals surface area contributed by atoms with Crippen molar-refractivity contribution < 1.29 is 38.3 Å². The molecular formula is C57H54N8O8S2. The molecule has 0 bridgehead atoms. The van der Waals surface area contributed by atoms with Crippen molar-refractivity contribution in [3.63, 3.8) is 0 Å². The zero-order chi connectivity index (χ0) is 52.3. The molecule has 1 aromatic heterocycles. The Hall–Kier alpha value is -8.09. The fraction of sp³-hybridized carbons (Fsp3) is 0.263. The Morgan fingerprint density at radius 1 is 0.800 bits per heavy atom. The Balaban J connectivity index is 0.969. The number of hydrogen-bond acceptors (Lipinski definition) is 14. The molecular weight excluding hydrogens is 989 g/mol. The monoisotopic (exact) mass is 1040 g/mol. The molecule has 5 heterocycles. The molecule has 4 aliphatic rings. The van der Waals surface area contributed by atoms with Gasteiger partial charge in [0.15, 0.2) is 11.2 Å². The molecule has 1 unspecified atom stereocenters. The first-order valence-corrected chi connectivity index (χ1v) is 26.4. The molecule has 10 rings (SSSR count). The van der Waals surface area contributed by atoms with Crippen LogP contribution in [0.5, 0.6) is 0 Å². The topological polar surface area (TPSA) is 199 Å². The van der Waals surface area contributed by atoms with Crippen molar-refractivity contribution in [1.29, 1.82) is 0 Å². The van der Waals surface area contributed by atoms with E-state index in [1.807, 2.05) is 172 Å². The molecule has 4 amide bonds. The van der Waals surface area contributed by atoms with Crippen LogP contribution in [0.1, 0.15) is 73.4 Å². The molecule has 3 saturated heterocycles. The summed E-state index contributed by atoms with van der Waals surface area (Å²) in [4.78, 5) is 87.4. The number of nitrogens with zero attached hydrogens (tertiary/aromatic N) is 6. The number of oxime groups is 1. The summed E-state index contributed by atoms with van der Waals surface area (Å²) in [7, 11) is 0. The van der Waals surface area contributed by atoms with Crippen LogP contribution >= 0.6 is 23.3 Å². The predicted octanol–water partition coefficient (Wildman–Crippen LogP) is 7.99. The molecule has 0 radical (unpaired) electrons. The first-order chi connectivity index (χ1) is 36.3. The van der Waals surface area contributed by atoms with Gasteiger partial charge in [0.2, 0.25) is 23.0 Å². The van der Waals surface area contributed by atoms with Gasteiger partial charge in [0.05, 0.1) is 6.04 Å². The maximum atomic E-state index is 15.0. The highest BCUT2D eigenvalue weighted by Gasteiger charge is 2.55. The summed E-state index contributed by atoms with van der Waals surface area (Å²) in [5.74, 6) is -2.35. The van der Waals surface area contributed by atoms with E-state index in [2.05, 4.69) is 19.8 Å². The quantitative estimate of drug-likeness (QED) is 0.0267. The Labute approximate surface area is 442 Å². The molecule has 3 atom stereocenters. The van der Waals surface area contributed by atoms with Crippen molar-refractivity contribution in [2.24, 2.45) is 5.16 Å². The first kappa shape index (κ1) is 50.4. The van der Waals surface area contributed by atoms with Crippen LogP contribution in [0.3, 0.4) is 0 Å². The van der Waals surface area contributed by atoms with Crippen molar-refractivity contribution in [2.45, 2.75) is 68.4 Å². The molecule has 3 N–H and O–H groups in total. The lowest BCUT2D eigenvalue weighted by atomic mass is 9.80. The second kappa shape index (κ2) is 21.4. The number of thioether (sulfide) groups is 1. The summed E-state index contributed by atoms with van der Waals surface area (Å²) in [6.45, 7) is 6.63. The number of hydrogen-bond donors (Lipinski definition) is 2. The number of nitrogen functional groups attached to an aromatic ring is 1. The number of carbonyl (C=O) groups is 5. The highest BCUT2D eigenvalue weighted by molar-refractivity contribution is 8.00. The van der Waals surface area contributed by atoms with E-state index in [1.54, 1.807) is 15.9 Å². The average molecular weight is 1040 g/mol. The normalized spacial score (nSPS) is 19.5. The summed E-state index contributed by atoms with van der Waals surface area (Å²) in [6, 6.07) is 45.7. The lowest BCUT2D eigenvalue weighted by molar-refractivity contribution is -0.154. The van der Waals surface area contributed by atoms with E-state index in [1.165, 1.54) is 16.7 Å². The van der Waals surface area contributed by atoms with Crippen LogP contribution in [0.25, 0.3) is 0 Å². The predicted molar refractivity (Wildman–Crippen MR) is 285 cm³/mol. The Kier molecular flexibility index (Phi) is 14.4. The second-order valence-corrected chi connectivity index (χ2v) is 21.3. The molecule has 16 nitrogen and oxygen atoms in total. The van der Waals surface area contributed by atoms with Gasteiger partial charge in [0.25, 0.3) is 11.8 Å². The number of esters is 1. The first-order valence-electron chi connectivity index (χ1n) is 24.6. The molecule has 0 aliphatic carbocycles. The van der Waals surface area contributed by atoms with Crippen molar-refractivity contribution in [2.75, 3.05) is 31.1 Å². The van der Waals surface area contributed by atoms with Crippen molar-refractivity contribution in [3.05, 3.63) is 208 Å². The van der Waals surface area contributed by atoms with Crippen LogP contribution in [-0.2, 0) is 39.1 Å². The second-order valence-electron chi connectivity index (χ2n) is 19.4. The van der Waals surface area contributed by atoms with E-state index >= 15 is 0 Å². The van der Waals surface area contributed by atoms with E-state index in [0.717, 1.165) is 11.5 Å². The number of rotatable bonds is 14. The molecule has 382 valence electrons. The minimum absolute atomic E-state index is 0.0358. The molecule has 0 saturated carbocycles. The van der Waals surface area contributed by atoms with Gasteiger partial charge >= 0.3 is 12.1 Å². The molecule has 18 heteroatoms. The maximum Gasteiger partial charge on any atom is 0.410 e. The maximum absolute atomic E-state index is 15.0. The summed E-state index contributed by atoms with van der Waals surface area (Å²) in [6.07, 6.45) is 1.38. The lowest BCUT2D eigenvalue weighted by Gasteiger charge is -2.49. The average Bonchev–Trinajstić information content (AvgIpc) is 4.23. The molecule has 75 heavy (non-hydrogen) atoms. The van der Waals surface area contributed by atoms with Crippen LogP contribution in [-0.4, -0.2) is 108 Å². The van der Waals surface area contributed by atoms with Crippen LogP contribution < -0.4 is 11.1 Å². The third-order valence-corrected chi connectivity index (χ3v) is 15.2. The number of amides is 4. The number of carbonyl (C=O) groups excluding carboxylic acids is 5. The van der Waals surface area contributed by atoms with Gasteiger partial charge in [-0.2, -0.15) is 9.36 Å². The number of fused-ring (bicyclic) bond motifs is 1. The van der Waals surface area contributed by atoms with Crippen LogP contribution in [0.2, 0.25) is 0 Å². The van der Waals surface area contributed by atoms with E-state index < -0.39 is 52.6 Å². The number of benzene rings is 5. The van der Waals surface area contributed by atoms with E-state index in [9.17, 15) is 24.0 Å². The smallest absolute Gasteiger partial charge is 0.410 e. The minimum atomic E-state index is -1.38. The summed E-state index contributed by atoms with van der Waals surface area (Å²) in [5, 5.41) is 6.74. The van der Waals surface area contributed by atoms with E-state index in [4.69, 9.17) is 20.0 Å². The number of nitrogens with one attached hydrogen (secondary N) is 1. The van der Waals surface area contributed by atoms with Crippen LogP contribution in [0.4, 0.5) is 9.93 Å². The van der Waals surface area contributed by atoms with Crippen LogP contribution in [0.15, 0.2) is 180 Å². The van der Waals surface area contributed by atoms with E-state index in [-0.39, 0.29) is 40.1 Å². The Bertz CT molecular complexity index is 3050. The largest absolute Gasteiger partial charge is 0.448 e. The van der Waals surface area contributed by atoms with Crippen molar-refractivity contribution in [1.82, 2.24) is 29.4 Å². The fourth-order valence-corrected chi connectivity index (χ4v) is 11.6. The zero-order valence-corrected chi connectivity index (χ0v) is 43.0. The Morgan fingerprint density at radius 3 is 1.89 bits per heavy atom. The number of likely N-dealkylation sites (tertiary alicyclic amines) is 2. The van der Waals surface area contributed by atoms with Crippen molar-refractivity contribution in [3.8, 4) is 0 Å². The number of nitrogens with two attached hydrogens (primary N) is 1. The SMILES string of the molecule is CC(C)(C)OC(=O)N1CCC(N2CC/C(=C\C3=C(C(=O)OC(c4ccccc4)c4ccccc4)N4C(=O)[C@@H](NC(=O)/C(=N\OC(c5ccccc5)(c5ccccc5)c5ccccc5)c5nsc(N)n5)[C@H]4SC3)C2=O)C1. The molecule has 0 spiro atoms.